The molecule has 2 nitrogen and oxygen atoms in total. The molecule has 86 valence electrons. The molecule has 16 heavy (non-hydrogen) atoms. The van der Waals surface area contributed by atoms with E-state index in [1.54, 1.807) is 0 Å². The minimum absolute atomic E-state index is 0. The molecular weight excluding hydrogens is 266 g/mol. The van der Waals surface area contributed by atoms with Crippen LogP contribution in [0.2, 0.25) is 0 Å². The van der Waals surface area contributed by atoms with Crippen molar-refractivity contribution in [3.8, 4) is 0 Å². The van der Waals surface area contributed by atoms with Crippen molar-refractivity contribution in [1.29, 1.82) is 0 Å². The first-order valence-electron chi connectivity index (χ1n) is 5.75. The Hall–Kier alpha value is -0.830. The van der Waals surface area contributed by atoms with E-state index in [1.807, 2.05) is 0 Å². The first-order chi connectivity index (χ1) is 7.45. The van der Waals surface area contributed by atoms with Gasteiger partial charge in [0.05, 0.1) is 6.42 Å². The number of hydrogen-bond donors (Lipinski definition) is 0. The zero-order valence-electron chi connectivity index (χ0n) is 9.23. The van der Waals surface area contributed by atoms with Gasteiger partial charge in [-0.25, -0.2) is 0 Å². The number of hydrogen-bond acceptors (Lipinski definition) is 1. The first kappa shape index (κ1) is 11.6. The topological polar surface area (TPSA) is 12.2 Å². The summed E-state index contributed by atoms with van der Waals surface area (Å²) in [5, 5.41) is 0. The average molecular weight is 282 g/mol. The Balaban J connectivity index is 0.000000963. The zero-order chi connectivity index (χ0) is 10.1. The molecule has 0 saturated heterocycles. The van der Waals surface area contributed by atoms with Gasteiger partial charge in [0.15, 0.2) is 6.61 Å². The maximum Gasteiger partial charge on any atom is 0.337 e. The molecule has 3 rings (SSSR count). The smallest absolute Gasteiger partial charge is 0.337 e. The first-order valence-corrected chi connectivity index (χ1v) is 5.75. The lowest BCUT2D eigenvalue weighted by Gasteiger charge is -2.11. The summed E-state index contributed by atoms with van der Waals surface area (Å²) in [6, 6.07) is 11.1. The zero-order valence-corrected chi connectivity index (χ0v) is 10.8. The van der Waals surface area contributed by atoms with Gasteiger partial charge in [0.2, 0.25) is 6.04 Å². The molecule has 1 aromatic rings. The van der Waals surface area contributed by atoms with Gasteiger partial charge < -0.3 is 21.7 Å². The van der Waals surface area contributed by atoms with Crippen LogP contribution >= 0.6 is 0 Å². The van der Waals surface area contributed by atoms with Gasteiger partial charge in [-0.05, 0) is 6.42 Å². The fraction of sp³-hybridized carbons (Fsp3) is 0.462. The van der Waals surface area contributed by atoms with Gasteiger partial charge in [-0.1, -0.05) is 30.3 Å². The minimum Gasteiger partial charge on any atom is -1.00 e. The van der Waals surface area contributed by atoms with Crippen LogP contribution in [0.25, 0.3) is 0 Å². The van der Waals surface area contributed by atoms with Gasteiger partial charge >= 0.3 is 5.90 Å². The van der Waals surface area contributed by atoms with E-state index in [4.69, 9.17) is 4.74 Å². The number of nitrogens with zero attached hydrogens (tertiary/aromatic N) is 1. The maximum atomic E-state index is 5.77. The van der Waals surface area contributed by atoms with E-state index in [-0.39, 0.29) is 17.0 Å². The third kappa shape index (κ3) is 2.01. The summed E-state index contributed by atoms with van der Waals surface area (Å²) in [6.45, 7) is 1.99. The molecular formula is C13H16BrNO. The van der Waals surface area contributed by atoms with E-state index < -0.39 is 0 Å². The lowest BCUT2D eigenvalue weighted by Crippen LogP contribution is -3.00. The highest BCUT2D eigenvalue weighted by Gasteiger charge is 2.37. The van der Waals surface area contributed by atoms with Crippen molar-refractivity contribution in [3.63, 3.8) is 0 Å². The van der Waals surface area contributed by atoms with E-state index >= 15 is 0 Å². The Morgan fingerprint density at radius 1 is 1.12 bits per heavy atom. The Morgan fingerprint density at radius 3 is 2.75 bits per heavy atom. The molecule has 0 aromatic heterocycles. The molecule has 2 aliphatic heterocycles. The van der Waals surface area contributed by atoms with Crippen molar-refractivity contribution in [3.05, 3.63) is 35.9 Å². The lowest BCUT2D eigenvalue weighted by molar-refractivity contribution is -0.566. The normalized spacial score (nSPS) is 23.4. The molecule has 0 aliphatic carbocycles. The van der Waals surface area contributed by atoms with E-state index in [1.165, 1.54) is 24.3 Å². The number of benzene rings is 1. The van der Waals surface area contributed by atoms with Crippen LogP contribution in [0, 0.1) is 0 Å². The summed E-state index contributed by atoms with van der Waals surface area (Å²) >= 11 is 0. The van der Waals surface area contributed by atoms with E-state index in [0.29, 0.717) is 6.04 Å². The van der Waals surface area contributed by atoms with Crippen molar-refractivity contribution >= 4 is 5.90 Å². The molecule has 1 atom stereocenters. The van der Waals surface area contributed by atoms with Crippen LogP contribution < -0.4 is 17.0 Å². The van der Waals surface area contributed by atoms with Crippen LogP contribution in [0.5, 0.6) is 0 Å². The number of ether oxygens (including phenoxy) is 1. The fourth-order valence-electron chi connectivity index (χ4n) is 2.53. The van der Waals surface area contributed by atoms with Gasteiger partial charge in [0.25, 0.3) is 0 Å². The van der Waals surface area contributed by atoms with E-state index in [9.17, 15) is 0 Å². The highest BCUT2D eigenvalue weighted by Crippen LogP contribution is 2.26. The van der Waals surface area contributed by atoms with Crippen molar-refractivity contribution in [2.24, 2.45) is 0 Å². The molecule has 0 N–H and O–H groups in total. The standard InChI is InChI=1S/C13H16NO.BrH/c1-2-6-11(7-3-1)12-10-15-13-8-4-5-9-14(12)13;/h1-3,6-7,12H,4-5,8-10H2;1H/q+1;/p-1/t12-;/m0./s1. The van der Waals surface area contributed by atoms with Gasteiger partial charge in [-0.2, -0.15) is 4.58 Å². The monoisotopic (exact) mass is 281 g/mol. The second-order valence-electron chi connectivity index (χ2n) is 4.28. The van der Waals surface area contributed by atoms with Crippen molar-refractivity contribution in [2.75, 3.05) is 13.2 Å². The summed E-state index contributed by atoms with van der Waals surface area (Å²) in [7, 11) is 0. The molecule has 0 radical (unpaired) electrons. The molecule has 0 saturated carbocycles. The Morgan fingerprint density at radius 2 is 1.94 bits per heavy atom. The molecule has 2 heterocycles. The lowest BCUT2D eigenvalue weighted by atomic mass is 10.1. The van der Waals surface area contributed by atoms with Crippen LogP contribution in [-0.4, -0.2) is 23.6 Å². The van der Waals surface area contributed by atoms with Crippen LogP contribution in [0.1, 0.15) is 30.9 Å². The second kappa shape index (κ2) is 5.00. The van der Waals surface area contributed by atoms with Crippen molar-refractivity contribution in [2.45, 2.75) is 25.3 Å². The predicted octanol–water partition coefficient (Wildman–Crippen LogP) is -0.643. The van der Waals surface area contributed by atoms with Crippen LogP contribution in [0.4, 0.5) is 0 Å². The second-order valence-corrected chi connectivity index (χ2v) is 4.28. The highest BCUT2D eigenvalue weighted by atomic mass is 79.9. The molecule has 0 spiro atoms. The van der Waals surface area contributed by atoms with E-state index in [0.717, 1.165) is 19.6 Å². The van der Waals surface area contributed by atoms with Crippen LogP contribution in [0.3, 0.4) is 0 Å². The largest absolute Gasteiger partial charge is 1.00 e. The van der Waals surface area contributed by atoms with E-state index in [2.05, 4.69) is 34.9 Å². The highest BCUT2D eigenvalue weighted by molar-refractivity contribution is 5.72. The minimum atomic E-state index is 0. The molecule has 1 aromatic carbocycles. The van der Waals surface area contributed by atoms with Gasteiger partial charge in [-0.15, -0.1) is 0 Å². The summed E-state index contributed by atoms with van der Waals surface area (Å²) < 4.78 is 8.21. The Kier molecular flexibility index (Phi) is 3.64. The summed E-state index contributed by atoms with van der Waals surface area (Å²) in [5.41, 5.74) is 1.38. The summed E-state index contributed by atoms with van der Waals surface area (Å²) in [6.07, 6.45) is 3.72. The quantitative estimate of drug-likeness (QED) is 0.624. The van der Waals surface area contributed by atoms with Gasteiger partial charge in [0, 0.05) is 12.0 Å². The molecule has 0 amide bonds. The van der Waals surface area contributed by atoms with Crippen molar-refractivity contribution in [1.82, 2.24) is 0 Å². The van der Waals surface area contributed by atoms with Gasteiger partial charge in [-0.3, -0.25) is 0 Å². The number of halogens is 1. The fourth-order valence-corrected chi connectivity index (χ4v) is 2.53. The van der Waals surface area contributed by atoms with Crippen LogP contribution in [0.15, 0.2) is 30.3 Å². The predicted molar refractivity (Wildman–Crippen MR) is 59.1 cm³/mol. The molecule has 0 unspecified atom stereocenters. The molecule has 0 fully saturated rings. The summed E-state index contributed by atoms with van der Waals surface area (Å²) in [4.78, 5) is 0. The van der Waals surface area contributed by atoms with Crippen molar-refractivity contribution < 1.29 is 26.3 Å². The molecule has 3 heteroatoms. The SMILES string of the molecule is [Br-].c1ccc([C@@H]2COC3=[N+]2CCCC3)cc1. The Bertz CT molecular complexity index is 388. The van der Waals surface area contributed by atoms with Gasteiger partial charge in [0.1, 0.15) is 6.54 Å². The third-order valence-corrected chi connectivity index (χ3v) is 3.33. The van der Waals surface area contributed by atoms with Crippen LogP contribution in [-0.2, 0) is 4.74 Å². The maximum absolute atomic E-state index is 5.77. The average Bonchev–Trinajstić information content (AvgIpc) is 2.74. The number of rotatable bonds is 1. The molecule has 0 bridgehead atoms. The third-order valence-electron chi connectivity index (χ3n) is 3.33. The summed E-state index contributed by atoms with van der Waals surface area (Å²) in [5.74, 6) is 1.22. The molecule has 2 aliphatic rings. The Labute approximate surface area is 107 Å².